The van der Waals surface area contributed by atoms with Gasteiger partial charge in [-0.2, -0.15) is 0 Å². The van der Waals surface area contributed by atoms with Crippen LogP contribution in [0.25, 0.3) is 43.7 Å². The van der Waals surface area contributed by atoms with E-state index in [2.05, 4.69) is 109 Å². The van der Waals surface area contributed by atoms with Crippen LogP contribution in [0, 0.1) is 17.8 Å². The SMILES string of the molecule is Cc1c2c(c(CC(C)(C)C)c3ccccc13)Oc1c3ncc(CC(C)(C)C)cc3cc3cc[n+](C)c-2c13. The third kappa shape index (κ3) is 3.96. The molecule has 1 aliphatic heterocycles. The second-order valence-electron chi connectivity index (χ2n) is 13.3. The number of fused-ring (bicyclic) bond motifs is 5. The van der Waals surface area contributed by atoms with E-state index in [9.17, 15) is 0 Å². The van der Waals surface area contributed by atoms with E-state index >= 15 is 0 Å². The lowest BCUT2D eigenvalue weighted by Gasteiger charge is -2.28. The molecule has 2 aromatic heterocycles. The van der Waals surface area contributed by atoms with Crippen molar-refractivity contribution < 1.29 is 9.30 Å². The summed E-state index contributed by atoms with van der Waals surface area (Å²) in [7, 11) is 2.15. The molecule has 0 amide bonds. The lowest BCUT2D eigenvalue weighted by Crippen LogP contribution is -2.32. The smallest absolute Gasteiger partial charge is 0.228 e. The first kappa shape index (κ1) is 23.9. The summed E-state index contributed by atoms with van der Waals surface area (Å²) in [5, 5.41) is 6.08. The normalized spacial score (nSPS) is 13.3. The molecular formula is C34H37N2O+. The Morgan fingerprint density at radius 1 is 0.838 bits per heavy atom. The minimum atomic E-state index is 0.114. The molecule has 0 bridgehead atoms. The fourth-order valence-corrected chi connectivity index (χ4v) is 6.10. The van der Waals surface area contributed by atoms with E-state index in [1.54, 1.807) is 0 Å². The minimum Gasteiger partial charge on any atom is -0.453 e. The molecule has 188 valence electrons. The number of ether oxygens (including phenoxy) is 1. The Morgan fingerprint density at radius 3 is 2.24 bits per heavy atom. The first-order chi connectivity index (χ1) is 17.4. The molecule has 0 saturated heterocycles. The van der Waals surface area contributed by atoms with Crippen molar-refractivity contribution >= 4 is 32.4 Å². The molecule has 3 aromatic carbocycles. The van der Waals surface area contributed by atoms with Crippen LogP contribution in [0.2, 0.25) is 0 Å². The van der Waals surface area contributed by atoms with Crippen LogP contribution < -0.4 is 9.30 Å². The zero-order valence-electron chi connectivity index (χ0n) is 23.4. The third-order valence-electron chi connectivity index (χ3n) is 7.50. The Hall–Kier alpha value is -3.46. The van der Waals surface area contributed by atoms with Crippen molar-refractivity contribution in [3.63, 3.8) is 0 Å². The van der Waals surface area contributed by atoms with E-state index in [1.165, 1.54) is 44.1 Å². The first-order valence-corrected chi connectivity index (χ1v) is 13.4. The average molecular weight is 490 g/mol. The fourth-order valence-electron chi connectivity index (χ4n) is 6.10. The van der Waals surface area contributed by atoms with Gasteiger partial charge >= 0.3 is 0 Å². The topological polar surface area (TPSA) is 26.0 Å². The molecule has 0 fully saturated rings. The number of aryl methyl sites for hydroxylation is 2. The standard InChI is InChI=1S/C34H37N2O/c1-20-24-11-9-10-12-25(24)26(18-34(5,6)7)31-27(20)30-28-22(13-14-36(30)8)16-23-15-21(17-33(2,3)4)19-35-29(23)32(28)37-31/h9-16,19H,17-18H2,1-8H3/q+1. The van der Waals surface area contributed by atoms with Crippen molar-refractivity contribution in [2.75, 3.05) is 0 Å². The molecule has 0 N–H and O–H groups in total. The summed E-state index contributed by atoms with van der Waals surface area (Å²) in [6.45, 7) is 16.0. The van der Waals surface area contributed by atoms with E-state index in [4.69, 9.17) is 9.72 Å². The number of nitrogens with zero attached hydrogens (tertiary/aromatic N) is 2. The first-order valence-electron chi connectivity index (χ1n) is 13.4. The van der Waals surface area contributed by atoms with Gasteiger partial charge in [0, 0.05) is 23.2 Å². The van der Waals surface area contributed by atoms with Gasteiger partial charge in [0.1, 0.15) is 18.3 Å². The Kier molecular flexibility index (Phi) is 5.18. The predicted molar refractivity (Wildman–Crippen MR) is 154 cm³/mol. The highest BCUT2D eigenvalue weighted by Gasteiger charge is 2.35. The van der Waals surface area contributed by atoms with Crippen molar-refractivity contribution in [3.8, 4) is 22.8 Å². The maximum Gasteiger partial charge on any atom is 0.228 e. The maximum absolute atomic E-state index is 7.05. The van der Waals surface area contributed by atoms with Crippen molar-refractivity contribution in [1.82, 2.24) is 4.98 Å². The van der Waals surface area contributed by atoms with E-state index in [0.29, 0.717) is 0 Å². The van der Waals surface area contributed by atoms with Gasteiger partial charge in [-0.1, -0.05) is 65.8 Å². The van der Waals surface area contributed by atoms with Crippen LogP contribution >= 0.6 is 0 Å². The highest BCUT2D eigenvalue weighted by molar-refractivity contribution is 6.12. The van der Waals surface area contributed by atoms with Gasteiger partial charge in [0.15, 0.2) is 11.9 Å². The molecule has 0 aliphatic carbocycles. The molecule has 0 radical (unpaired) electrons. The molecule has 3 heterocycles. The van der Waals surface area contributed by atoms with E-state index in [0.717, 1.165) is 40.6 Å². The summed E-state index contributed by atoms with van der Waals surface area (Å²) < 4.78 is 9.31. The average Bonchev–Trinajstić information content (AvgIpc) is 2.81. The van der Waals surface area contributed by atoms with Crippen LogP contribution in [0.15, 0.2) is 54.9 Å². The van der Waals surface area contributed by atoms with Crippen LogP contribution in [0.5, 0.6) is 11.5 Å². The second-order valence-corrected chi connectivity index (χ2v) is 13.3. The Morgan fingerprint density at radius 2 is 1.54 bits per heavy atom. The summed E-state index contributed by atoms with van der Waals surface area (Å²) in [5.74, 6) is 1.88. The third-order valence-corrected chi connectivity index (χ3v) is 7.50. The maximum atomic E-state index is 7.05. The zero-order chi connectivity index (χ0) is 26.3. The van der Waals surface area contributed by atoms with Crippen molar-refractivity contribution in [3.05, 3.63) is 71.5 Å². The highest BCUT2D eigenvalue weighted by atomic mass is 16.5. The summed E-state index contributed by atoms with van der Waals surface area (Å²) in [4.78, 5) is 5.02. The predicted octanol–water partition coefficient (Wildman–Crippen LogP) is 8.62. The molecule has 37 heavy (non-hydrogen) atoms. The van der Waals surface area contributed by atoms with Gasteiger partial charge in [-0.15, -0.1) is 0 Å². The highest BCUT2D eigenvalue weighted by Crippen LogP contribution is 2.53. The summed E-state index contributed by atoms with van der Waals surface area (Å²) in [5.41, 5.74) is 7.51. The van der Waals surface area contributed by atoms with Crippen LogP contribution in [-0.2, 0) is 19.9 Å². The molecule has 0 atom stereocenters. The van der Waals surface area contributed by atoms with E-state index in [-0.39, 0.29) is 10.8 Å². The molecule has 0 unspecified atom stereocenters. The fraction of sp³-hybridized carbons (Fsp3) is 0.353. The summed E-state index contributed by atoms with van der Waals surface area (Å²) in [6.07, 6.45) is 6.15. The van der Waals surface area contributed by atoms with Crippen LogP contribution in [-0.4, -0.2) is 4.98 Å². The van der Waals surface area contributed by atoms with Crippen LogP contribution in [0.3, 0.4) is 0 Å². The molecular weight excluding hydrogens is 452 g/mol. The van der Waals surface area contributed by atoms with Gasteiger partial charge in [0.2, 0.25) is 5.69 Å². The van der Waals surface area contributed by atoms with Gasteiger partial charge in [0.25, 0.3) is 0 Å². The van der Waals surface area contributed by atoms with Crippen molar-refractivity contribution in [2.24, 2.45) is 17.9 Å². The quantitative estimate of drug-likeness (QED) is 0.180. The van der Waals surface area contributed by atoms with Gasteiger partial charge in [-0.25, -0.2) is 4.57 Å². The van der Waals surface area contributed by atoms with Gasteiger partial charge in [0.05, 0.1) is 10.9 Å². The Bertz CT molecular complexity index is 1730. The zero-order valence-corrected chi connectivity index (χ0v) is 23.4. The van der Waals surface area contributed by atoms with Crippen molar-refractivity contribution in [1.29, 1.82) is 0 Å². The number of hydrogen-bond acceptors (Lipinski definition) is 2. The minimum absolute atomic E-state index is 0.114. The number of hydrogen-bond donors (Lipinski definition) is 0. The van der Waals surface area contributed by atoms with Gasteiger partial charge < -0.3 is 4.74 Å². The van der Waals surface area contributed by atoms with Crippen LogP contribution in [0.1, 0.15) is 58.2 Å². The Balaban J connectivity index is 1.72. The molecule has 0 spiro atoms. The molecule has 5 aromatic rings. The van der Waals surface area contributed by atoms with Gasteiger partial charge in [-0.3, -0.25) is 4.98 Å². The lowest BCUT2D eigenvalue weighted by molar-refractivity contribution is -0.659. The number of rotatable bonds is 2. The molecule has 6 rings (SSSR count). The number of aromatic nitrogens is 2. The largest absolute Gasteiger partial charge is 0.453 e. The molecule has 3 nitrogen and oxygen atoms in total. The Labute approximate surface area is 220 Å². The molecule has 3 heteroatoms. The second kappa shape index (κ2) is 8.02. The summed E-state index contributed by atoms with van der Waals surface area (Å²) in [6, 6.07) is 15.6. The number of pyridine rings is 2. The van der Waals surface area contributed by atoms with Crippen LogP contribution in [0.4, 0.5) is 0 Å². The van der Waals surface area contributed by atoms with E-state index < -0.39 is 0 Å². The summed E-state index contributed by atoms with van der Waals surface area (Å²) >= 11 is 0. The molecule has 0 saturated carbocycles. The van der Waals surface area contributed by atoms with E-state index in [1.807, 2.05) is 6.20 Å². The lowest BCUT2D eigenvalue weighted by atomic mass is 9.81. The molecule has 1 aliphatic rings. The van der Waals surface area contributed by atoms with Crippen molar-refractivity contribution in [2.45, 2.75) is 61.3 Å². The number of benzene rings is 3. The van der Waals surface area contributed by atoms with Gasteiger partial charge in [-0.05, 0) is 70.0 Å². The monoisotopic (exact) mass is 489 g/mol.